The molecule has 1 aliphatic heterocycles. The second kappa shape index (κ2) is 8.88. The summed E-state index contributed by atoms with van der Waals surface area (Å²) in [5.74, 6) is -0.511. The van der Waals surface area contributed by atoms with E-state index in [0.29, 0.717) is 23.1 Å². The fourth-order valence-corrected chi connectivity index (χ4v) is 3.88. The van der Waals surface area contributed by atoms with E-state index in [2.05, 4.69) is 10.3 Å². The number of nitrogens with zero attached hydrogens (tertiary/aromatic N) is 2. The van der Waals surface area contributed by atoms with Crippen molar-refractivity contribution in [2.24, 2.45) is 4.99 Å². The van der Waals surface area contributed by atoms with Crippen molar-refractivity contribution >= 4 is 40.1 Å². The quantitative estimate of drug-likeness (QED) is 0.827. The first kappa shape index (κ1) is 19.9. The van der Waals surface area contributed by atoms with Crippen LogP contribution in [0.3, 0.4) is 0 Å². The van der Waals surface area contributed by atoms with Gasteiger partial charge in [0.25, 0.3) is 0 Å². The van der Waals surface area contributed by atoms with Gasteiger partial charge >= 0.3 is 0 Å². The molecule has 1 atom stereocenters. The lowest BCUT2D eigenvalue weighted by atomic mass is 10.2. The van der Waals surface area contributed by atoms with Crippen molar-refractivity contribution < 1.29 is 18.7 Å². The van der Waals surface area contributed by atoms with Crippen LogP contribution in [0.5, 0.6) is 5.75 Å². The summed E-state index contributed by atoms with van der Waals surface area (Å²) in [7, 11) is 1.56. The molecule has 1 unspecified atom stereocenters. The molecule has 6 nitrogen and oxygen atoms in total. The maximum absolute atomic E-state index is 13.8. The average Bonchev–Trinajstić information content (AvgIpc) is 2.69. The molecule has 0 radical (unpaired) electrons. The molecule has 2 aromatic rings. The Balaban J connectivity index is 1.83. The highest BCUT2D eigenvalue weighted by molar-refractivity contribution is 8.15. The zero-order valence-electron chi connectivity index (χ0n) is 15.5. The van der Waals surface area contributed by atoms with Crippen molar-refractivity contribution in [1.82, 2.24) is 4.90 Å². The lowest BCUT2D eigenvalue weighted by Crippen LogP contribution is -2.45. The highest BCUT2D eigenvalue weighted by atomic mass is 32.2. The number of hydrogen-bond donors (Lipinski definition) is 1. The van der Waals surface area contributed by atoms with Crippen molar-refractivity contribution in [3.05, 3.63) is 54.3 Å². The molecular formula is C20H20FN3O3S. The molecule has 2 aromatic carbocycles. The van der Waals surface area contributed by atoms with Crippen molar-refractivity contribution in [2.75, 3.05) is 19.0 Å². The van der Waals surface area contributed by atoms with Crippen LogP contribution in [0.2, 0.25) is 0 Å². The smallest absolute Gasteiger partial charge is 0.238 e. The molecule has 28 heavy (non-hydrogen) atoms. The van der Waals surface area contributed by atoms with E-state index in [4.69, 9.17) is 4.74 Å². The minimum absolute atomic E-state index is 0.0237. The van der Waals surface area contributed by atoms with Crippen molar-refractivity contribution in [3.63, 3.8) is 0 Å². The van der Waals surface area contributed by atoms with Gasteiger partial charge in [-0.25, -0.2) is 9.38 Å². The van der Waals surface area contributed by atoms with E-state index in [1.807, 2.05) is 6.92 Å². The molecule has 0 aromatic heterocycles. The summed E-state index contributed by atoms with van der Waals surface area (Å²) in [5, 5.41) is 2.29. The number of amides is 2. The Hall–Kier alpha value is -2.87. The highest BCUT2D eigenvalue weighted by Gasteiger charge is 2.35. The van der Waals surface area contributed by atoms with Gasteiger partial charge in [-0.3, -0.25) is 14.5 Å². The van der Waals surface area contributed by atoms with Crippen LogP contribution in [0.15, 0.2) is 53.5 Å². The number of thioether (sulfide) groups is 1. The van der Waals surface area contributed by atoms with Gasteiger partial charge in [-0.1, -0.05) is 30.0 Å². The lowest BCUT2D eigenvalue weighted by Gasteiger charge is -2.30. The molecule has 146 valence electrons. The fourth-order valence-electron chi connectivity index (χ4n) is 2.72. The molecular weight excluding hydrogens is 381 g/mol. The van der Waals surface area contributed by atoms with E-state index in [0.717, 1.165) is 0 Å². The summed E-state index contributed by atoms with van der Waals surface area (Å²) in [5.41, 5.74) is 0.702. The summed E-state index contributed by atoms with van der Waals surface area (Å²) in [6.07, 6.45) is 0.0237. The highest BCUT2D eigenvalue weighted by Crippen LogP contribution is 2.30. The molecule has 8 heteroatoms. The third-order valence-corrected chi connectivity index (χ3v) is 5.35. The predicted octanol–water partition coefficient (Wildman–Crippen LogP) is 3.81. The lowest BCUT2D eigenvalue weighted by molar-refractivity contribution is -0.129. The standard InChI is InChI=1S/C20H20FN3O3S/c1-3-24-18(25)12-17(19(26)23-16-10-5-4-9-15(16)21)28-20(24)22-13-7-6-8-14(11-13)27-2/h4-11,17H,3,12H2,1-2H3,(H,23,26). The van der Waals surface area contributed by atoms with Crippen LogP contribution in [-0.4, -0.2) is 40.8 Å². The van der Waals surface area contributed by atoms with Crippen LogP contribution in [0.1, 0.15) is 13.3 Å². The fraction of sp³-hybridized carbons (Fsp3) is 0.250. The molecule has 1 heterocycles. The van der Waals surface area contributed by atoms with E-state index in [1.165, 1.54) is 28.8 Å². The molecule has 1 fully saturated rings. The second-order valence-electron chi connectivity index (χ2n) is 6.01. The Morgan fingerprint density at radius 3 is 2.82 bits per heavy atom. The Morgan fingerprint density at radius 2 is 2.11 bits per heavy atom. The summed E-state index contributed by atoms with van der Waals surface area (Å²) in [4.78, 5) is 31.2. The minimum atomic E-state index is -0.695. The zero-order valence-corrected chi connectivity index (χ0v) is 16.3. The number of rotatable bonds is 5. The van der Waals surface area contributed by atoms with Crippen molar-refractivity contribution in [2.45, 2.75) is 18.6 Å². The molecule has 0 spiro atoms. The van der Waals surface area contributed by atoms with Gasteiger partial charge in [0.1, 0.15) is 16.8 Å². The number of carbonyl (C=O) groups is 2. The third kappa shape index (κ3) is 4.51. The van der Waals surface area contributed by atoms with Crippen LogP contribution < -0.4 is 10.1 Å². The summed E-state index contributed by atoms with van der Waals surface area (Å²) >= 11 is 1.19. The molecule has 0 bridgehead atoms. The number of nitrogens with one attached hydrogen (secondary N) is 1. The number of benzene rings is 2. The van der Waals surface area contributed by atoms with Crippen molar-refractivity contribution in [3.8, 4) is 5.75 Å². The first-order chi connectivity index (χ1) is 13.5. The number of carbonyl (C=O) groups excluding carboxylic acids is 2. The van der Waals surface area contributed by atoms with Crippen LogP contribution in [0.4, 0.5) is 15.8 Å². The molecule has 1 aliphatic rings. The number of para-hydroxylation sites is 1. The normalized spacial score (nSPS) is 18.2. The number of anilines is 1. The Kier molecular flexibility index (Phi) is 6.30. The number of methoxy groups -OCH3 is 1. The molecule has 0 saturated carbocycles. The number of ether oxygens (including phenoxy) is 1. The van der Waals surface area contributed by atoms with E-state index in [9.17, 15) is 14.0 Å². The summed E-state index contributed by atoms with van der Waals surface area (Å²) < 4.78 is 19.0. The number of halogens is 1. The van der Waals surface area contributed by atoms with Crippen LogP contribution in [-0.2, 0) is 9.59 Å². The first-order valence-corrected chi connectivity index (χ1v) is 9.65. The van der Waals surface area contributed by atoms with Gasteiger partial charge < -0.3 is 10.1 Å². The second-order valence-corrected chi connectivity index (χ2v) is 7.18. The van der Waals surface area contributed by atoms with Gasteiger partial charge in [-0.05, 0) is 31.2 Å². The van der Waals surface area contributed by atoms with Gasteiger partial charge in [-0.15, -0.1) is 0 Å². The summed E-state index contributed by atoms with van der Waals surface area (Å²) in [6.45, 7) is 2.29. The number of aliphatic imine (C=N–C) groups is 1. The van der Waals surface area contributed by atoms with E-state index >= 15 is 0 Å². The summed E-state index contributed by atoms with van der Waals surface area (Å²) in [6, 6.07) is 13.0. The van der Waals surface area contributed by atoms with Crippen LogP contribution in [0.25, 0.3) is 0 Å². The molecule has 0 aliphatic carbocycles. The van der Waals surface area contributed by atoms with Gasteiger partial charge in [0.2, 0.25) is 11.8 Å². The Morgan fingerprint density at radius 1 is 1.32 bits per heavy atom. The number of amidine groups is 1. The SMILES string of the molecule is CCN1C(=O)CC(C(=O)Nc2ccccc2F)SC1=Nc1cccc(OC)c1. The Bertz CT molecular complexity index is 919. The monoisotopic (exact) mass is 401 g/mol. The minimum Gasteiger partial charge on any atom is -0.497 e. The predicted molar refractivity (Wildman–Crippen MR) is 109 cm³/mol. The number of hydrogen-bond acceptors (Lipinski definition) is 5. The molecule has 1 N–H and O–H groups in total. The van der Waals surface area contributed by atoms with E-state index < -0.39 is 17.0 Å². The first-order valence-electron chi connectivity index (χ1n) is 8.77. The Labute approximate surface area is 166 Å². The third-order valence-electron chi connectivity index (χ3n) is 4.16. The van der Waals surface area contributed by atoms with E-state index in [-0.39, 0.29) is 18.0 Å². The average molecular weight is 401 g/mol. The molecule has 2 amide bonds. The van der Waals surface area contributed by atoms with Gasteiger partial charge in [0.15, 0.2) is 5.17 Å². The van der Waals surface area contributed by atoms with Gasteiger partial charge in [0.05, 0.1) is 18.5 Å². The van der Waals surface area contributed by atoms with Crippen LogP contribution in [0, 0.1) is 5.82 Å². The zero-order chi connectivity index (χ0) is 20.1. The van der Waals surface area contributed by atoms with Crippen LogP contribution >= 0.6 is 11.8 Å². The molecule has 1 saturated heterocycles. The maximum Gasteiger partial charge on any atom is 0.238 e. The topological polar surface area (TPSA) is 71.0 Å². The van der Waals surface area contributed by atoms with Crippen molar-refractivity contribution in [1.29, 1.82) is 0 Å². The van der Waals surface area contributed by atoms with Gasteiger partial charge in [0, 0.05) is 19.0 Å². The van der Waals surface area contributed by atoms with Gasteiger partial charge in [-0.2, -0.15) is 0 Å². The largest absolute Gasteiger partial charge is 0.497 e. The van der Waals surface area contributed by atoms with E-state index in [1.54, 1.807) is 43.5 Å². The maximum atomic E-state index is 13.8. The molecule has 3 rings (SSSR count).